The van der Waals surface area contributed by atoms with E-state index in [9.17, 15) is 4.79 Å². The summed E-state index contributed by atoms with van der Waals surface area (Å²) in [6.45, 7) is 16.6. The number of benzene rings is 3. The first-order chi connectivity index (χ1) is 18.8. The van der Waals surface area contributed by atoms with Crippen molar-refractivity contribution >= 4 is 11.7 Å². The maximum Gasteiger partial charge on any atom is 0.319 e. The van der Waals surface area contributed by atoms with Gasteiger partial charge in [-0.25, -0.2) is 9.68 Å². The summed E-state index contributed by atoms with van der Waals surface area (Å²) in [5.41, 5.74) is 5.21. The van der Waals surface area contributed by atoms with E-state index in [2.05, 4.69) is 55.9 Å². The molecule has 0 aliphatic heterocycles. The van der Waals surface area contributed by atoms with Crippen molar-refractivity contribution in [2.24, 2.45) is 0 Å². The summed E-state index contributed by atoms with van der Waals surface area (Å²) in [5, 5.41) is 13.9. The molecule has 0 radical (unpaired) electrons. The summed E-state index contributed by atoms with van der Waals surface area (Å²) in [4.78, 5) is 16.0. The van der Waals surface area contributed by atoms with E-state index in [4.69, 9.17) is 9.99 Å². The first kappa shape index (κ1) is 35.1. The average molecular weight is 535 g/mol. The Balaban J connectivity index is 0.00000112. The average Bonchev–Trinajstić information content (AvgIpc) is 2.95. The molecule has 0 saturated heterocycles. The van der Waals surface area contributed by atoms with Gasteiger partial charge in [-0.05, 0) is 68.7 Å². The third-order valence-corrected chi connectivity index (χ3v) is 4.65. The second kappa shape index (κ2) is 23.3. The van der Waals surface area contributed by atoms with Crippen molar-refractivity contribution < 1.29 is 19.7 Å². The smallest absolute Gasteiger partial charge is 0.319 e. The molecule has 0 saturated carbocycles. The number of urea groups is 1. The lowest BCUT2D eigenvalue weighted by molar-refractivity contribution is -0.245. The van der Waals surface area contributed by atoms with Crippen molar-refractivity contribution in [2.75, 3.05) is 18.5 Å². The molecule has 0 heterocycles. The highest BCUT2D eigenvalue weighted by molar-refractivity contribution is 5.89. The van der Waals surface area contributed by atoms with Crippen molar-refractivity contribution in [3.05, 3.63) is 109 Å². The molecule has 3 N–H and O–H groups in total. The van der Waals surface area contributed by atoms with Crippen LogP contribution in [0.2, 0.25) is 0 Å². The zero-order valence-corrected chi connectivity index (χ0v) is 24.4. The fourth-order valence-corrected chi connectivity index (χ4v) is 2.64. The van der Waals surface area contributed by atoms with E-state index in [0.29, 0.717) is 12.3 Å². The largest absolute Gasteiger partial charge is 0.491 e. The molecule has 0 aromatic heterocycles. The molecule has 0 fully saturated rings. The third-order valence-electron chi connectivity index (χ3n) is 4.65. The molecular formula is C33H46N2O4. The molecule has 6 nitrogen and oxygen atoms in total. The molecule has 0 unspecified atom stereocenters. The van der Waals surface area contributed by atoms with Gasteiger partial charge >= 0.3 is 6.03 Å². The maximum atomic E-state index is 12.0. The molecule has 39 heavy (non-hydrogen) atoms. The lowest BCUT2D eigenvalue weighted by Gasteiger charge is -2.09. The first-order valence-electron chi connectivity index (χ1n) is 13.2. The number of ether oxygens (including phenoxy) is 1. The standard InChI is InChI=1S/C22H22N2O4.C5H10.C3H8.C3H6/c25-22(23-16-17-4-2-1-3-5-17)24-20-10-6-18(7-11-20)19-8-12-21(13-9-19)27-14-15-28-26;1-4-5(2)3;2*1-3-2/h1-13,26H,14-16H2,(H2,23,24,25);4H,1-3H3;3H2,1-2H3;3H,1H2,2H3. The SMILES string of the molecule is C=CC.CC=C(C)C.CCC.O=C(NCc1ccccc1)Nc1ccc(-c2ccc(OCCOO)cc2)cc1. The predicted molar refractivity (Wildman–Crippen MR) is 165 cm³/mol. The van der Waals surface area contributed by atoms with Crippen LogP contribution in [0, 0.1) is 0 Å². The van der Waals surface area contributed by atoms with E-state index in [1.54, 1.807) is 6.08 Å². The van der Waals surface area contributed by atoms with Gasteiger partial charge in [-0.3, -0.25) is 5.26 Å². The van der Waals surface area contributed by atoms with E-state index in [0.717, 1.165) is 22.4 Å². The first-order valence-corrected chi connectivity index (χ1v) is 13.2. The van der Waals surface area contributed by atoms with Crippen LogP contribution in [0.3, 0.4) is 0 Å². The Morgan fingerprint density at radius 2 is 1.36 bits per heavy atom. The van der Waals surface area contributed by atoms with E-state index in [1.165, 1.54) is 12.0 Å². The van der Waals surface area contributed by atoms with Crippen LogP contribution in [0.1, 0.15) is 53.5 Å². The monoisotopic (exact) mass is 534 g/mol. The summed E-state index contributed by atoms with van der Waals surface area (Å²) in [5.74, 6) is 0.703. The number of allylic oxidation sites excluding steroid dienone is 3. The number of hydrogen-bond acceptors (Lipinski definition) is 4. The number of carbonyl (C=O) groups excluding carboxylic acids is 1. The fraction of sp³-hybridized carbons (Fsp3) is 0.303. The highest BCUT2D eigenvalue weighted by Crippen LogP contribution is 2.24. The van der Waals surface area contributed by atoms with E-state index >= 15 is 0 Å². The number of carbonyl (C=O) groups is 1. The van der Waals surface area contributed by atoms with Crippen LogP contribution in [0.25, 0.3) is 11.1 Å². The summed E-state index contributed by atoms with van der Waals surface area (Å²) < 4.78 is 5.42. The Kier molecular flexibility index (Phi) is 21.0. The molecular weight excluding hydrogens is 488 g/mol. The molecule has 3 rings (SSSR count). The molecule has 3 aromatic rings. The van der Waals surface area contributed by atoms with Gasteiger partial charge in [-0.15, -0.1) is 6.58 Å². The van der Waals surface area contributed by atoms with E-state index in [-0.39, 0.29) is 19.2 Å². The van der Waals surface area contributed by atoms with Crippen LogP contribution in [0.5, 0.6) is 5.75 Å². The van der Waals surface area contributed by atoms with Gasteiger partial charge in [0, 0.05) is 12.2 Å². The zero-order valence-electron chi connectivity index (χ0n) is 24.4. The number of rotatable bonds is 8. The van der Waals surface area contributed by atoms with Crippen LogP contribution in [-0.2, 0) is 11.4 Å². The Morgan fingerprint density at radius 1 is 0.872 bits per heavy atom. The molecule has 0 spiro atoms. The second-order valence-corrected chi connectivity index (χ2v) is 8.56. The maximum absolute atomic E-state index is 12.0. The molecule has 0 bridgehead atoms. The highest BCUT2D eigenvalue weighted by atomic mass is 17.1. The van der Waals surface area contributed by atoms with E-state index in [1.807, 2.05) is 92.7 Å². The summed E-state index contributed by atoms with van der Waals surface area (Å²) in [6.07, 6.45) is 5.08. The third kappa shape index (κ3) is 18.1. The van der Waals surface area contributed by atoms with Crippen molar-refractivity contribution in [1.82, 2.24) is 5.32 Å². The van der Waals surface area contributed by atoms with Crippen molar-refractivity contribution in [3.63, 3.8) is 0 Å². The fourth-order valence-electron chi connectivity index (χ4n) is 2.64. The van der Waals surface area contributed by atoms with Gasteiger partial charge in [0.2, 0.25) is 0 Å². The van der Waals surface area contributed by atoms with Gasteiger partial charge < -0.3 is 15.4 Å². The zero-order chi connectivity index (χ0) is 29.3. The Labute approximate surface area is 235 Å². The minimum Gasteiger partial charge on any atom is -0.491 e. The minimum absolute atomic E-state index is 0.120. The molecule has 6 heteroatoms. The number of hydrogen-bond donors (Lipinski definition) is 3. The quantitative estimate of drug-likeness (QED) is 0.116. The Morgan fingerprint density at radius 3 is 1.82 bits per heavy atom. The summed E-state index contributed by atoms with van der Waals surface area (Å²) in [7, 11) is 0. The minimum atomic E-state index is -0.245. The van der Waals surface area contributed by atoms with Crippen LogP contribution in [0.4, 0.5) is 10.5 Å². The normalized spacial score (nSPS) is 9.10. The van der Waals surface area contributed by atoms with Gasteiger partial charge in [-0.1, -0.05) is 92.6 Å². The van der Waals surface area contributed by atoms with Crippen LogP contribution in [-0.4, -0.2) is 24.5 Å². The molecule has 212 valence electrons. The van der Waals surface area contributed by atoms with Crippen LogP contribution >= 0.6 is 0 Å². The molecule has 3 aromatic carbocycles. The van der Waals surface area contributed by atoms with Crippen LogP contribution in [0.15, 0.2) is 103 Å². The Hall–Kier alpha value is -3.87. The van der Waals surface area contributed by atoms with Gasteiger partial charge in [0.25, 0.3) is 0 Å². The van der Waals surface area contributed by atoms with Gasteiger partial charge in [-0.2, -0.15) is 0 Å². The van der Waals surface area contributed by atoms with Gasteiger partial charge in [0.1, 0.15) is 19.0 Å². The summed E-state index contributed by atoms with van der Waals surface area (Å²) in [6, 6.07) is 24.7. The molecule has 0 aliphatic rings. The van der Waals surface area contributed by atoms with Gasteiger partial charge in [0.15, 0.2) is 0 Å². The number of anilines is 1. The molecule has 0 atom stereocenters. The van der Waals surface area contributed by atoms with E-state index < -0.39 is 0 Å². The Bertz CT molecular complexity index is 1040. The van der Waals surface area contributed by atoms with Crippen LogP contribution < -0.4 is 15.4 Å². The molecule has 2 amide bonds. The topological polar surface area (TPSA) is 79.8 Å². The number of nitrogens with one attached hydrogen (secondary N) is 2. The second-order valence-electron chi connectivity index (χ2n) is 8.56. The van der Waals surface area contributed by atoms with Crippen molar-refractivity contribution in [2.45, 2.75) is 54.5 Å². The molecule has 0 aliphatic carbocycles. The highest BCUT2D eigenvalue weighted by Gasteiger charge is 2.03. The number of amides is 2. The summed E-state index contributed by atoms with van der Waals surface area (Å²) >= 11 is 0. The van der Waals surface area contributed by atoms with Crippen molar-refractivity contribution in [1.29, 1.82) is 0 Å². The lowest BCUT2D eigenvalue weighted by atomic mass is 10.1. The van der Waals surface area contributed by atoms with Gasteiger partial charge in [0.05, 0.1) is 0 Å². The lowest BCUT2D eigenvalue weighted by Crippen LogP contribution is -2.28. The van der Waals surface area contributed by atoms with Crippen molar-refractivity contribution in [3.8, 4) is 16.9 Å². The predicted octanol–water partition coefficient (Wildman–Crippen LogP) is 9.12.